The fourth-order valence-electron chi connectivity index (χ4n) is 7.61. The van der Waals surface area contributed by atoms with Crippen LogP contribution in [0.1, 0.15) is 0 Å². The molecule has 0 aliphatic carbocycles. The Morgan fingerprint density at radius 3 is 1.72 bits per heavy atom. The van der Waals surface area contributed by atoms with E-state index in [0.29, 0.717) is 0 Å². The highest BCUT2D eigenvalue weighted by atomic mass is 32.1. The second-order valence-electron chi connectivity index (χ2n) is 12.9. The van der Waals surface area contributed by atoms with Gasteiger partial charge in [-0.2, -0.15) is 0 Å². The number of anilines is 3. The molecule has 0 aliphatic heterocycles. The Morgan fingerprint density at radius 1 is 0.340 bits per heavy atom. The van der Waals surface area contributed by atoms with E-state index >= 15 is 0 Å². The van der Waals surface area contributed by atoms with Crippen LogP contribution in [0, 0.1) is 0 Å². The summed E-state index contributed by atoms with van der Waals surface area (Å²) in [5.74, 6) is 0. The van der Waals surface area contributed by atoms with Crippen LogP contribution < -0.4 is 4.90 Å². The molecule has 234 valence electrons. The fraction of sp³-hybridized carbons (Fsp3) is 0. The number of benzene rings is 9. The van der Waals surface area contributed by atoms with Gasteiger partial charge in [-0.25, -0.2) is 0 Å². The van der Waals surface area contributed by atoms with Crippen LogP contribution in [0.25, 0.3) is 74.7 Å². The first-order valence-corrected chi connectivity index (χ1v) is 17.9. The first-order chi connectivity index (χ1) is 24.8. The van der Waals surface area contributed by atoms with Gasteiger partial charge in [0.2, 0.25) is 0 Å². The van der Waals surface area contributed by atoms with Crippen LogP contribution in [0.15, 0.2) is 188 Å². The molecule has 0 saturated carbocycles. The third kappa shape index (κ3) is 4.76. The standard InChI is InChI=1S/C48H31NS/c1-2-9-32(10-3-1)33-21-25-38(26-22-33)49(40-29-30-42-37(31-40)20-19-36-18-17-34-11-4-5-12-41(34)47(36)42)39-27-23-35(24-28-39)43-14-8-15-45-44-13-6-7-16-46(44)50-48(43)45/h1-31H. The van der Waals surface area contributed by atoms with E-state index in [0.717, 1.165) is 17.1 Å². The summed E-state index contributed by atoms with van der Waals surface area (Å²) < 4.78 is 2.66. The first-order valence-electron chi connectivity index (χ1n) is 17.1. The Bertz CT molecular complexity index is 2850. The van der Waals surface area contributed by atoms with Crippen molar-refractivity contribution >= 4 is 80.9 Å². The zero-order chi connectivity index (χ0) is 33.0. The lowest BCUT2D eigenvalue weighted by Gasteiger charge is -2.26. The summed E-state index contributed by atoms with van der Waals surface area (Å²) in [7, 11) is 0. The van der Waals surface area contributed by atoms with Gasteiger partial charge in [-0.05, 0) is 97.0 Å². The predicted molar refractivity (Wildman–Crippen MR) is 217 cm³/mol. The Hall–Kier alpha value is -6.22. The summed E-state index contributed by atoms with van der Waals surface area (Å²) in [6, 6.07) is 68.7. The zero-order valence-electron chi connectivity index (χ0n) is 27.3. The normalized spacial score (nSPS) is 11.6. The fourth-order valence-corrected chi connectivity index (χ4v) is 8.85. The van der Waals surface area contributed by atoms with Crippen molar-refractivity contribution in [2.75, 3.05) is 4.90 Å². The average Bonchev–Trinajstić information content (AvgIpc) is 3.58. The number of fused-ring (bicyclic) bond motifs is 8. The summed E-state index contributed by atoms with van der Waals surface area (Å²) in [4.78, 5) is 2.38. The van der Waals surface area contributed by atoms with Crippen molar-refractivity contribution in [2.45, 2.75) is 0 Å². The minimum Gasteiger partial charge on any atom is -0.310 e. The van der Waals surface area contributed by atoms with E-state index in [9.17, 15) is 0 Å². The SMILES string of the molecule is c1ccc(-c2ccc(N(c3ccc(-c4cccc5c4sc4ccccc45)cc3)c3ccc4c(ccc5ccc6ccccc6c54)c3)cc2)cc1. The smallest absolute Gasteiger partial charge is 0.0468 e. The van der Waals surface area contributed by atoms with Crippen molar-refractivity contribution in [3.8, 4) is 22.3 Å². The Morgan fingerprint density at radius 2 is 0.920 bits per heavy atom. The summed E-state index contributed by atoms with van der Waals surface area (Å²) in [6.45, 7) is 0. The van der Waals surface area contributed by atoms with Crippen molar-refractivity contribution in [2.24, 2.45) is 0 Å². The molecule has 1 heterocycles. The third-order valence-electron chi connectivity index (χ3n) is 10.0. The van der Waals surface area contributed by atoms with E-state index in [1.54, 1.807) is 0 Å². The van der Waals surface area contributed by atoms with E-state index in [4.69, 9.17) is 0 Å². The van der Waals surface area contributed by atoms with Crippen LogP contribution in [0.4, 0.5) is 17.1 Å². The Labute approximate surface area is 294 Å². The molecule has 0 N–H and O–H groups in total. The number of thiophene rings is 1. The number of nitrogens with zero attached hydrogens (tertiary/aromatic N) is 1. The Balaban J connectivity index is 1.11. The van der Waals surface area contributed by atoms with Crippen LogP contribution >= 0.6 is 11.3 Å². The second kappa shape index (κ2) is 11.7. The molecule has 0 aliphatic rings. The van der Waals surface area contributed by atoms with Gasteiger partial charge in [0.25, 0.3) is 0 Å². The van der Waals surface area contributed by atoms with Crippen molar-refractivity contribution in [1.29, 1.82) is 0 Å². The monoisotopic (exact) mass is 653 g/mol. The van der Waals surface area contributed by atoms with E-state index in [1.807, 2.05) is 11.3 Å². The van der Waals surface area contributed by atoms with Crippen LogP contribution in [0.3, 0.4) is 0 Å². The highest BCUT2D eigenvalue weighted by Gasteiger charge is 2.16. The van der Waals surface area contributed by atoms with Gasteiger partial charge in [-0.3, -0.25) is 0 Å². The van der Waals surface area contributed by atoms with Gasteiger partial charge in [-0.1, -0.05) is 146 Å². The molecule has 0 radical (unpaired) electrons. The molecule has 1 nitrogen and oxygen atoms in total. The Kier molecular flexibility index (Phi) is 6.75. The third-order valence-corrected chi connectivity index (χ3v) is 11.3. The molecule has 10 aromatic rings. The molecule has 10 rings (SSSR count). The number of rotatable bonds is 5. The van der Waals surface area contributed by atoms with Crippen molar-refractivity contribution in [3.63, 3.8) is 0 Å². The van der Waals surface area contributed by atoms with Gasteiger partial charge in [-0.15, -0.1) is 11.3 Å². The van der Waals surface area contributed by atoms with Crippen LogP contribution in [0.5, 0.6) is 0 Å². The summed E-state index contributed by atoms with van der Waals surface area (Å²) in [6.07, 6.45) is 0. The van der Waals surface area contributed by atoms with Crippen molar-refractivity contribution < 1.29 is 0 Å². The molecule has 0 saturated heterocycles. The highest BCUT2D eigenvalue weighted by Crippen LogP contribution is 2.43. The van der Waals surface area contributed by atoms with Gasteiger partial charge in [0, 0.05) is 37.2 Å². The van der Waals surface area contributed by atoms with Gasteiger partial charge < -0.3 is 4.90 Å². The van der Waals surface area contributed by atoms with Crippen molar-refractivity contribution in [1.82, 2.24) is 0 Å². The quantitative estimate of drug-likeness (QED) is 0.167. The lowest BCUT2D eigenvalue weighted by atomic mass is 9.96. The van der Waals surface area contributed by atoms with Crippen LogP contribution in [-0.4, -0.2) is 0 Å². The van der Waals surface area contributed by atoms with E-state index in [2.05, 4.69) is 193 Å². The molecule has 0 amide bonds. The lowest BCUT2D eigenvalue weighted by Crippen LogP contribution is -2.09. The topological polar surface area (TPSA) is 3.24 Å². The maximum atomic E-state index is 2.38. The first kappa shape index (κ1) is 28.8. The maximum Gasteiger partial charge on any atom is 0.0468 e. The second-order valence-corrected chi connectivity index (χ2v) is 14.0. The van der Waals surface area contributed by atoms with Gasteiger partial charge in [0.05, 0.1) is 0 Å². The average molecular weight is 654 g/mol. The predicted octanol–water partition coefficient (Wildman–Crippen LogP) is 14.3. The molecular formula is C48H31NS. The minimum atomic E-state index is 1.12. The minimum absolute atomic E-state index is 1.12. The summed E-state index contributed by atoms with van der Waals surface area (Å²) >= 11 is 1.88. The van der Waals surface area contributed by atoms with E-state index in [-0.39, 0.29) is 0 Å². The number of hydrogen-bond donors (Lipinski definition) is 0. The molecule has 0 bridgehead atoms. The molecule has 1 aromatic heterocycles. The van der Waals surface area contributed by atoms with Crippen LogP contribution in [-0.2, 0) is 0 Å². The lowest BCUT2D eigenvalue weighted by molar-refractivity contribution is 1.29. The van der Waals surface area contributed by atoms with E-state index in [1.165, 1.54) is 74.7 Å². The van der Waals surface area contributed by atoms with Gasteiger partial charge in [0.15, 0.2) is 0 Å². The largest absolute Gasteiger partial charge is 0.310 e. The van der Waals surface area contributed by atoms with Crippen LogP contribution in [0.2, 0.25) is 0 Å². The molecule has 0 unspecified atom stereocenters. The van der Waals surface area contributed by atoms with Gasteiger partial charge >= 0.3 is 0 Å². The molecular weight excluding hydrogens is 623 g/mol. The van der Waals surface area contributed by atoms with Gasteiger partial charge in [0.1, 0.15) is 0 Å². The maximum absolute atomic E-state index is 2.38. The van der Waals surface area contributed by atoms with Crippen molar-refractivity contribution in [3.05, 3.63) is 188 Å². The van der Waals surface area contributed by atoms with E-state index < -0.39 is 0 Å². The number of hydrogen-bond acceptors (Lipinski definition) is 2. The molecule has 0 spiro atoms. The summed E-state index contributed by atoms with van der Waals surface area (Å²) in [5, 5.41) is 10.3. The molecule has 2 heteroatoms. The molecule has 9 aromatic carbocycles. The molecule has 0 atom stereocenters. The zero-order valence-corrected chi connectivity index (χ0v) is 28.1. The highest BCUT2D eigenvalue weighted by molar-refractivity contribution is 7.26. The summed E-state index contributed by atoms with van der Waals surface area (Å²) in [5.41, 5.74) is 8.29. The molecule has 50 heavy (non-hydrogen) atoms. The molecule has 0 fully saturated rings.